The van der Waals surface area contributed by atoms with Crippen LogP contribution in [0.1, 0.15) is 44.6 Å². The monoisotopic (exact) mass is 435 g/mol. The molecule has 4 amide bonds. The fourth-order valence-corrected chi connectivity index (χ4v) is 3.66. The highest BCUT2D eigenvalue weighted by atomic mass is 16.5. The van der Waals surface area contributed by atoms with Gasteiger partial charge in [-0.25, -0.2) is 9.59 Å². The minimum absolute atomic E-state index is 0.0839. The van der Waals surface area contributed by atoms with Gasteiger partial charge in [-0.2, -0.15) is 0 Å². The zero-order chi connectivity index (χ0) is 23.3. The van der Waals surface area contributed by atoms with Gasteiger partial charge in [-0.15, -0.1) is 0 Å². The van der Waals surface area contributed by atoms with Crippen LogP contribution < -0.4 is 16.0 Å². The van der Waals surface area contributed by atoms with Crippen LogP contribution in [0.5, 0.6) is 0 Å². The first-order valence-corrected chi connectivity index (χ1v) is 10.4. The molecule has 0 aromatic carbocycles. The van der Waals surface area contributed by atoms with Crippen molar-refractivity contribution < 1.29 is 23.9 Å². The van der Waals surface area contributed by atoms with Gasteiger partial charge < -0.3 is 30.2 Å². The number of aryl methyl sites for hydroxylation is 1. The molecular formula is C21H33N5O5. The molecule has 3 N–H and O–H groups in total. The molecule has 0 saturated carbocycles. The summed E-state index contributed by atoms with van der Waals surface area (Å²) >= 11 is 0. The average Bonchev–Trinajstić information content (AvgIpc) is 3.30. The SMILES string of the molecule is COC(=O)[C@H](NC(=O)[C@H]1[C@@H](NC(=O)NC(C)C)CCN1C(=O)c1cccn1C)C(C)C. The molecule has 1 fully saturated rings. The molecule has 1 aliphatic rings. The van der Waals surface area contributed by atoms with E-state index in [1.54, 1.807) is 43.8 Å². The van der Waals surface area contributed by atoms with Crippen LogP contribution in [0, 0.1) is 5.92 Å². The third-order valence-electron chi connectivity index (χ3n) is 5.25. The van der Waals surface area contributed by atoms with Gasteiger partial charge in [-0.05, 0) is 38.3 Å². The van der Waals surface area contributed by atoms with E-state index in [4.69, 9.17) is 4.74 Å². The summed E-state index contributed by atoms with van der Waals surface area (Å²) in [4.78, 5) is 52.3. The van der Waals surface area contributed by atoms with E-state index >= 15 is 0 Å². The minimum Gasteiger partial charge on any atom is -0.467 e. The minimum atomic E-state index is -0.966. The predicted octanol–water partition coefficient (Wildman–Crippen LogP) is 0.630. The molecular weight excluding hydrogens is 402 g/mol. The quantitative estimate of drug-likeness (QED) is 0.543. The molecule has 1 aromatic rings. The van der Waals surface area contributed by atoms with Gasteiger partial charge in [0.1, 0.15) is 17.8 Å². The number of ether oxygens (including phenoxy) is 1. The van der Waals surface area contributed by atoms with Gasteiger partial charge in [0, 0.05) is 25.8 Å². The van der Waals surface area contributed by atoms with Gasteiger partial charge in [0.25, 0.3) is 5.91 Å². The van der Waals surface area contributed by atoms with Crippen LogP contribution in [0.2, 0.25) is 0 Å². The van der Waals surface area contributed by atoms with E-state index in [2.05, 4.69) is 16.0 Å². The number of urea groups is 1. The normalized spacial score (nSPS) is 19.3. The molecule has 0 radical (unpaired) electrons. The van der Waals surface area contributed by atoms with Gasteiger partial charge in [-0.1, -0.05) is 13.8 Å². The highest BCUT2D eigenvalue weighted by Crippen LogP contribution is 2.22. The zero-order valence-electron chi connectivity index (χ0n) is 19.0. The summed E-state index contributed by atoms with van der Waals surface area (Å²) in [5, 5.41) is 8.25. The van der Waals surface area contributed by atoms with Crippen LogP contribution >= 0.6 is 0 Å². The highest BCUT2D eigenvalue weighted by molar-refractivity contribution is 5.98. The molecule has 1 aromatic heterocycles. The Hall–Kier alpha value is -3.04. The molecule has 3 atom stereocenters. The summed E-state index contributed by atoms with van der Waals surface area (Å²) in [6.07, 6.45) is 2.15. The molecule has 10 heteroatoms. The second-order valence-electron chi connectivity index (χ2n) is 8.37. The maximum atomic E-state index is 13.3. The summed E-state index contributed by atoms with van der Waals surface area (Å²) in [6.45, 7) is 7.52. The van der Waals surface area contributed by atoms with Crippen LogP contribution in [0.15, 0.2) is 18.3 Å². The van der Waals surface area contributed by atoms with Gasteiger partial charge in [0.15, 0.2) is 0 Å². The van der Waals surface area contributed by atoms with Crippen molar-refractivity contribution in [2.45, 2.75) is 58.3 Å². The molecule has 0 bridgehead atoms. The molecule has 2 heterocycles. The van der Waals surface area contributed by atoms with Gasteiger partial charge >= 0.3 is 12.0 Å². The number of carbonyl (C=O) groups is 4. The predicted molar refractivity (Wildman–Crippen MR) is 114 cm³/mol. The molecule has 31 heavy (non-hydrogen) atoms. The maximum absolute atomic E-state index is 13.3. The van der Waals surface area contributed by atoms with Crippen molar-refractivity contribution >= 4 is 23.8 Å². The molecule has 172 valence electrons. The number of nitrogens with one attached hydrogen (secondary N) is 3. The van der Waals surface area contributed by atoms with Gasteiger partial charge in [0.05, 0.1) is 13.2 Å². The Morgan fingerprint density at radius 2 is 1.81 bits per heavy atom. The van der Waals surface area contributed by atoms with Crippen LogP contribution in [0.4, 0.5) is 4.79 Å². The van der Waals surface area contributed by atoms with E-state index in [1.165, 1.54) is 12.0 Å². The highest BCUT2D eigenvalue weighted by Gasteiger charge is 2.44. The lowest BCUT2D eigenvalue weighted by molar-refractivity contribution is -0.146. The lowest BCUT2D eigenvalue weighted by atomic mass is 10.0. The van der Waals surface area contributed by atoms with E-state index < -0.39 is 36.0 Å². The first-order valence-electron chi connectivity index (χ1n) is 10.4. The number of amides is 4. The molecule has 0 spiro atoms. The Balaban J connectivity index is 2.30. The summed E-state index contributed by atoms with van der Waals surface area (Å²) in [5.41, 5.74) is 0.429. The molecule has 1 aliphatic heterocycles. The molecule has 10 nitrogen and oxygen atoms in total. The van der Waals surface area contributed by atoms with Crippen LogP contribution in [-0.4, -0.2) is 71.1 Å². The molecule has 0 aliphatic carbocycles. The lowest BCUT2D eigenvalue weighted by Crippen LogP contribution is -2.59. The fourth-order valence-electron chi connectivity index (χ4n) is 3.66. The smallest absolute Gasteiger partial charge is 0.328 e. The number of nitrogens with zero attached hydrogens (tertiary/aromatic N) is 2. The standard InChI is InChI=1S/C21H33N5O5/c1-12(2)16(20(29)31-6)24-18(27)17-14(23-21(30)22-13(3)4)9-11-26(17)19(28)15-8-7-10-25(15)5/h7-8,10,12-14,16-17H,9,11H2,1-6H3,(H,24,27)(H2,22,23,30)/t14-,16+,17+/m0/s1. The van der Waals surface area contributed by atoms with E-state index in [0.717, 1.165) is 0 Å². The van der Waals surface area contributed by atoms with Gasteiger partial charge in [0.2, 0.25) is 5.91 Å². The van der Waals surface area contributed by atoms with Crippen molar-refractivity contribution in [1.82, 2.24) is 25.4 Å². The van der Waals surface area contributed by atoms with Crippen LogP contribution in [0.25, 0.3) is 0 Å². The fraction of sp³-hybridized carbons (Fsp3) is 0.619. The summed E-state index contributed by atoms with van der Waals surface area (Å²) in [5.74, 6) is -1.62. The second-order valence-corrected chi connectivity index (χ2v) is 8.37. The molecule has 2 rings (SSSR count). The number of hydrogen-bond donors (Lipinski definition) is 3. The van der Waals surface area contributed by atoms with Crippen molar-refractivity contribution in [3.8, 4) is 0 Å². The van der Waals surface area contributed by atoms with Crippen molar-refractivity contribution in [2.24, 2.45) is 13.0 Å². The van der Waals surface area contributed by atoms with Crippen molar-refractivity contribution in [3.63, 3.8) is 0 Å². The van der Waals surface area contributed by atoms with Crippen molar-refractivity contribution in [1.29, 1.82) is 0 Å². The van der Waals surface area contributed by atoms with E-state index in [-0.39, 0.29) is 17.9 Å². The van der Waals surface area contributed by atoms with E-state index in [1.807, 2.05) is 13.8 Å². The van der Waals surface area contributed by atoms with E-state index in [0.29, 0.717) is 18.7 Å². The topological polar surface area (TPSA) is 122 Å². The number of carbonyl (C=O) groups excluding carboxylic acids is 4. The number of esters is 1. The van der Waals surface area contributed by atoms with Gasteiger partial charge in [-0.3, -0.25) is 9.59 Å². The maximum Gasteiger partial charge on any atom is 0.328 e. The number of rotatable bonds is 7. The first-order chi connectivity index (χ1) is 14.6. The third kappa shape index (κ3) is 5.77. The number of likely N-dealkylation sites (tertiary alicyclic amines) is 1. The Morgan fingerprint density at radius 3 is 2.32 bits per heavy atom. The Morgan fingerprint density at radius 1 is 1.13 bits per heavy atom. The lowest BCUT2D eigenvalue weighted by Gasteiger charge is -2.30. The van der Waals surface area contributed by atoms with E-state index in [9.17, 15) is 19.2 Å². The number of aromatic nitrogens is 1. The molecule has 1 saturated heterocycles. The van der Waals surface area contributed by atoms with Crippen molar-refractivity contribution in [2.75, 3.05) is 13.7 Å². The summed E-state index contributed by atoms with van der Waals surface area (Å²) in [6, 6.07) is 0.485. The first kappa shape index (κ1) is 24.2. The number of hydrogen-bond acceptors (Lipinski definition) is 5. The number of methoxy groups -OCH3 is 1. The summed E-state index contributed by atoms with van der Waals surface area (Å²) < 4.78 is 6.48. The van der Waals surface area contributed by atoms with Crippen molar-refractivity contribution in [3.05, 3.63) is 24.0 Å². The third-order valence-corrected chi connectivity index (χ3v) is 5.25. The largest absolute Gasteiger partial charge is 0.467 e. The summed E-state index contributed by atoms with van der Waals surface area (Å²) in [7, 11) is 3.00. The Bertz CT molecular complexity index is 819. The Kier molecular flexibility index (Phi) is 8.07. The second kappa shape index (κ2) is 10.3. The Labute approximate surface area is 182 Å². The molecule has 0 unspecified atom stereocenters. The average molecular weight is 436 g/mol. The van der Waals surface area contributed by atoms with Crippen LogP contribution in [0.3, 0.4) is 0 Å². The van der Waals surface area contributed by atoms with Crippen LogP contribution in [-0.2, 0) is 21.4 Å². The zero-order valence-corrected chi connectivity index (χ0v) is 19.0.